The monoisotopic (exact) mass is 279 g/mol. The highest BCUT2D eigenvalue weighted by molar-refractivity contribution is 5.94. The number of amides is 2. The van der Waals surface area contributed by atoms with Crippen molar-refractivity contribution in [1.29, 1.82) is 0 Å². The van der Waals surface area contributed by atoms with Crippen LogP contribution >= 0.6 is 0 Å². The first-order valence-electron chi connectivity index (χ1n) is 6.16. The normalized spacial score (nSPS) is 9.85. The molecule has 0 atom stereocenters. The van der Waals surface area contributed by atoms with Gasteiger partial charge in [-0.1, -0.05) is 0 Å². The van der Waals surface area contributed by atoms with E-state index >= 15 is 0 Å². The largest absolute Gasteiger partial charge is 0.481 e. The van der Waals surface area contributed by atoms with Gasteiger partial charge < -0.3 is 15.3 Å². The fraction of sp³-hybridized carbons (Fsp3) is 0.385. The summed E-state index contributed by atoms with van der Waals surface area (Å²) >= 11 is 0. The van der Waals surface area contributed by atoms with Crippen LogP contribution in [0.5, 0.6) is 0 Å². The van der Waals surface area contributed by atoms with Crippen molar-refractivity contribution in [2.45, 2.75) is 13.3 Å². The Bertz CT molecular complexity index is 476. The molecule has 0 aliphatic rings. The number of carboxylic acid groups (broad SMARTS) is 1. The lowest BCUT2D eigenvalue weighted by Gasteiger charge is -2.22. The summed E-state index contributed by atoms with van der Waals surface area (Å²) in [6.07, 6.45) is 2.83. The van der Waals surface area contributed by atoms with Gasteiger partial charge in [0.25, 0.3) is 5.91 Å². The molecule has 0 bridgehead atoms. The number of carbonyl (C=O) groups excluding carboxylic acids is 2. The number of pyridine rings is 1. The number of nitrogens with one attached hydrogen (secondary N) is 1. The van der Waals surface area contributed by atoms with Gasteiger partial charge in [-0.3, -0.25) is 19.4 Å². The number of nitrogens with zero attached hydrogens (tertiary/aromatic N) is 2. The van der Waals surface area contributed by atoms with Gasteiger partial charge >= 0.3 is 5.97 Å². The number of hydrogen-bond donors (Lipinski definition) is 2. The van der Waals surface area contributed by atoms with E-state index < -0.39 is 5.97 Å². The van der Waals surface area contributed by atoms with E-state index in [1.54, 1.807) is 18.3 Å². The Kier molecular flexibility index (Phi) is 6.15. The lowest BCUT2D eigenvalue weighted by atomic mass is 10.2. The lowest BCUT2D eigenvalue weighted by Crippen LogP contribution is -2.39. The topological polar surface area (TPSA) is 99.6 Å². The third-order valence-electron chi connectivity index (χ3n) is 2.55. The van der Waals surface area contributed by atoms with Crippen LogP contribution in [-0.2, 0) is 9.59 Å². The second-order valence-electron chi connectivity index (χ2n) is 4.16. The van der Waals surface area contributed by atoms with Gasteiger partial charge in [-0.05, 0) is 12.1 Å². The van der Waals surface area contributed by atoms with Gasteiger partial charge in [-0.15, -0.1) is 0 Å². The minimum atomic E-state index is -0.978. The molecule has 1 rings (SSSR count). The van der Waals surface area contributed by atoms with Gasteiger partial charge in [0, 0.05) is 39.0 Å². The average Bonchev–Trinajstić information content (AvgIpc) is 2.42. The molecule has 0 saturated heterocycles. The molecule has 0 fully saturated rings. The van der Waals surface area contributed by atoms with Crippen molar-refractivity contribution in [3.05, 3.63) is 30.1 Å². The summed E-state index contributed by atoms with van der Waals surface area (Å²) in [6.45, 7) is 1.99. The summed E-state index contributed by atoms with van der Waals surface area (Å²) in [5.74, 6) is -1.48. The Morgan fingerprint density at radius 2 is 2.10 bits per heavy atom. The van der Waals surface area contributed by atoms with Crippen LogP contribution in [0.25, 0.3) is 0 Å². The van der Waals surface area contributed by atoms with E-state index in [4.69, 9.17) is 5.11 Å². The quantitative estimate of drug-likeness (QED) is 0.739. The molecule has 7 heteroatoms. The average molecular weight is 279 g/mol. The van der Waals surface area contributed by atoms with Crippen molar-refractivity contribution >= 4 is 17.8 Å². The summed E-state index contributed by atoms with van der Waals surface area (Å²) in [6, 6.07) is 3.25. The van der Waals surface area contributed by atoms with Crippen LogP contribution in [0.15, 0.2) is 24.5 Å². The highest BCUT2D eigenvalue weighted by atomic mass is 16.4. The zero-order chi connectivity index (χ0) is 15.0. The molecule has 108 valence electrons. The lowest BCUT2D eigenvalue weighted by molar-refractivity contribution is -0.137. The van der Waals surface area contributed by atoms with Crippen molar-refractivity contribution in [2.75, 3.05) is 19.6 Å². The van der Waals surface area contributed by atoms with E-state index in [0.29, 0.717) is 5.56 Å². The van der Waals surface area contributed by atoms with E-state index in [-0.39, 0.29) is 37.9 Å². The molecule has 0 unspecified atom stereocenters. The number of aliphatic carboxylic acids is 1. The second kappa shape index (κ2) is 7.88. The van der Waals surface area contributed by atoms with Crippen LogP contribution in [0.2, 0.25) is 0 Å². The first-order chi connectivity index (χ1) is 9.50. The summed E-state index contributed by atoms with van der Waals surface area (Å²) in [7, 11) is 0. The molecule has 20 heavy (non-hydrogen) atoms. The van der Waals surface area contributed by atoms with E-state index in [1.807, 2.05) is 0 Å². The van der Waals surface area contributed by atoms with Crippen molar-refractivity contribution in [3.8, 4) is 0 Å². The Hall–Kier alpha value is -2.44. The van der Waals surface area contributed by atoms with Crippen LogP contribution in [0, 0.1) is 0 Å². The van der Waals surface area contributed by atoms with Crippen molar-refractivity contribution in [3.63, 3.8) is 0 Å². The first-order valence-corrected chi connectivity index (χ1v) is 6.16. The first kappa shape index (κ1) is 15.6. The number of rotatable bonds is 7. The maximum atomic E-state index is 12.2. The standard InChI is InChI=1S/C13H17N3O4/c1-10(17)15-6-8-16(7-4-12(18)19)13(20)11-3-2-5-14-9-11/h2-3,5,9H,4,6-8H2,1H3,(H,15,17)(H,18,19). The zero-order valence-electron chi connectivity index (χ0n) is 11.2. The molecule has 1 heterocycles. The van der Waals surface area contributed by atoms with Crippen molar-refractivity contribution in [2.24, 2.45) is 0 Å². The second-order valence-corrected chi connectivity index (χ2v) is 4.16. The molecular weight excluding hydrogens is 262 g/mol. The molecule has 2 N–H and O–H groups in total. The summed E-state index contributed by atoms with van der Waals surface area (Å²) in [4.78, 5) is 38.9. The molecule has 2 amide bonds. The van der Waals surface area contributed by atoms with Crippen molar-refractivity contribution < 1.29 is 19.5 Å². The predicted octanol–water partition coefficient (Wildman–Crippen LogP) is 0.135. The van der Waals surface area contributed by atoms with E-state index in [9.17, 15) is 14.4 Å². The number of carbonyl (C=O) groups is 3. The van der Waals surface area contributed by atoms with Gasteiger partial charge in [0.2, 0.25) is 5.91 Å². The summed E-state index contributed by atoms with van der Waals surface area (Å²) in [5.41, 5.74) is 0.390. The predicted molar refractivity (Wildman–Crippen MR) is 71.1 cm³/mol. The molecular formula is C13H17N3O4. The molecule has 7 nitrogen and oxygen atoms in total. The smallest absolute Gasteiger partial charge is 0.305 e. The Labute approximate surface area is 116 Å². The van der Waals surface area contributed by atoms with Crippen LogP contribution in [0.3, 0.4) is 0 Å². The fourth-order valence-electron chi connectivity index (χ4n) is 1.58. The Morgan fingerprint density at radius 1 is 1.35 bits per heavy atom. The summed E-state index contributed by atoms with van der Waals surface area (Å²) < 4.78 is 0. The molecule has 1 aromatic rings. The third-order valence-corrected chi connectivity index (χ3v) is 2.55. The Balaban J connectivity index is 2.67. The van der Waals surface area contributed by atoms with E-state index in [2.05, 4.69) is 10.3 Å². The number of carboxylic acids is 1. The molecule has 0 aliphatic heterocycles. The number of aromatic nitrogens is 1. The van der Waals surface area contributed by atoms with Crippen molar-refractivity contribution in [1.82, 2.24) is 15.2 Å². The maximum Gasteiger partial charge on any atom is 0.305 e. The molecule has 0 radical (unpaired) electrons. The van der Waals surface area contributed by atoms with Gasteiger partial charge in [0.05, 0.1) is 12.0 Å². The molecule has 0 aromatic carbocycles. The molecule has 0 spiro atoms. The van der Waals surface area contributed by atoms with E-state index in [1.165, 1.54) is 18.0 Å². The van der Waals surface area contributed by atoms with Crippen LogP contribution in [0.4, 0.5) is 0 Å². The maximum absolute atomic E-state index is 12.2. The summed E-state index contributed by atoms with van der Waals surface area (Å²) in [5, 5.41) is 11.3. The minimum absolute atomic E-state index is 0.0860. The highest BCUT2D eigenvalue weighted by Gasteiger charge is 2.16. The zero-order valence-corrected chi connectivity index (χ0v) is 11.2. The van der Waals surface area contributed by atoms with Gasteiger partial charge in [0.15, 0.2) is 0 Å². The van der Waals surface area contributed by atoms with Gasteiger partial charge in [-0.25, -0.2) is 0 Å². The van der Waals surface area contributed by atoms with E-state index in [0.717, 1.165) is 0 Å². The molecule has 0 aliphatic carbocycles. The highest BCUT2D eigenvalue weighted by Crippen LogP contribution is 2.04. The number of hydrogen-bond acceptors (Lipinski definition) is 4. The third kappa shape index (κ3) is 5.47. The van der Waals surface area contributed by atoms with Crippen LogP contribution < -0.4 is 5.32 Å². The van der Waals surface area contributed by atoms with Crippen LogP contribution in [-0.4, -0.2) is 52.4 Å². The SMILES string of the molecule is CC(=O)NCCN(CCC(=O)O)C(=O)c1cccnc1. The Morgan fingerprint density at radius 3 is 2.65 bits per heavy atom. The van der Waals surface area contributed by atoms with Crippen LogP contribution in [0.1, 0.15) is 23.7 Å². The van der Waals surface area contributed by atoms with Gasteiger partial charge in [0.1, 0.15) is 0 Å². The minimum Gasteiger partial charge on any atom is -0.481 e. The fourth-order valence-corrected chi connectivity index (χ4v) is 1.58. The molecule has 0 saturated carbocycles. The molecule has 1 aromatic heterocycles. The van der Waals surface area contributed by atoms with Gasteiger partial charge in [-0.2, -0.15) is 0 Å².